The quantitative estimate of drug-likeness (QED) is 0.654. The molecule has 2 N–H and O–H groups in total. The van der Waals surface area contributed by atoms with E-state index < -0.39 is 0 Å². The molecular formula is C23H39Cl2N3O. The summed E-state index contributed by atoms with van der Waals surface area (Å²) in [6.07, 6.45) is 5.57. The summed E-state index contributed by atoms with van der Waals surface area (Å²) in [5.41, 5.74) is 1.32. The number of halogens is 2. The third-order valence-electron chi connectivity index (χ3n) is 6.63. The monoisotopic (exact) mass is 443 g/mol. The normalized spacial score (nSPS) is 20.8. The Morgan fingerprint density at radius 1 is 1.10 bits per heavy atom. The molecule has 2 unspecified atom stereocenters. The van der Waals surface area contributed by atoms with Crippen LogP contribution in [-0.4, -0.2) is 43.5 Å². The lowest BCUT2D eigenvalue weighted by Gasteiger charge is -2.37. The molecule has 0 aromatic heterocycles. The highest BCUT2D eigenvalue weighted by Crippen LogP contribution is 2.27. The Morgan fingerprint density at radius 3 is 2.34 bits per heavy atom. The number of rotatable bonds is 7. The third-order valence-corrected chi connectivity index (χ3v) is 6.63. The van der Waals surface area contributed by atoms with Crippen molar-refractivity contribution in [2.45, 2.75) is 52.0 Å². The number of amides is 1. The maximum atomic E-state index is 12.6. The van der Waals surface area contributed by atoms with E-state index in [-0.39, 0.29) is 36.8 Å². The SMILES string of the molecule is CC1CCN(C(CNC(=O)CC(C)C2CCNCC2)c2ccccc2)CC1.Cl.Cl. The van der Waals surface area contributed by atoms with Gasteiger partial charge in [0.2, 0.25) is 5.91 Å². The average molecular weight is 444 g/mol. The van der Waals surface area contributed by atoms with Crippen LogP contribution in [0.15, 0.2) is 30.3 Å². The number of carbonyl (C=O) groups excluding carboxylic acids is 1. The van der Waals surface area contributed by atoms with Crippen LogP contribution in [-0.2, 0) is 4.79 Å². The molecule has 0 bridgehead atoms. The van der Waals surface area contributed by atoms with Crippen LogP contribution in [0.4, 0.5) is 0 Å². The van der Waals surface area contributed by atoms with Gasteiger partial charge in [-0.1, -0.05) is 44.2 Å². The minimum atomic E-state index is 0. The molecule has 2 saturated heterocycles. The summed E-state index contributed by atoms with van der Waals surface area (Å²) in [5.74, 6) is 2.19. The second kappa shape index (κ2) is 13.5. The number of benzene rings is 1. The fourth-order valence-corrected chi connectivity index (χ4v) is 4.63. The molecule has 29 heavy (non-hydrogen) atoms. The van der Waals surface area contributed by atoms with Crippen molar-refractivity contribution in [1.29, 1.82) is 0 Å². The van der Waals surface area contributed by atoms with E-state index in [2.05, 4.69) is 59.7 Å². The van der Waals surface area contributed by atoms with E-state index in [4.69, 9.17) is 0 Å². The Balaban J connectivity index is 0.00000210. The number of nitrogens with zero attached hydrogens (tertiary/aromatic N) is 1. The number of hydrogen-bond acceptors (Lipinski definition) is 3. The van der Waals surface area contributed by atoms with E-state index in [0.29, 0.717) is 18.3 Å². The maximum Gasteiger partial charge on any atom is 0.220 e. The standard InChI is InChI=1S/C23H37N3O.2ClH/c1-18-10-14-26(15-11-18)22(21-6-4-3-5-7-21)17-25-23(27)16-19(2)20-8-12-24-13-9-20;;/h3-7,18-20,22,24H,8-17H2,1-2H3,(H,25,27);2*1H. The number of piperidine rings is 2. The van der Waals surface area contributed by atoms with Crippen molar-refractivity contribution in [3.05, 3.63) is 35.9 Å². The summed E-state index contributed by atoms with van der Waals surface area (Å²) in [7, 11) is 0. The summed E-state index contributed by atoms with van der Waals surface area (Å²) >= 11 is 0. The summed E-state index contributed by atoms with van der Waals surface area (Å²) in [4.78, 5) is 15.2. The first kappa shape index (κ1) is 26.2. The number of nitrogens with one attached hydrogen (secondary N) is 2. The van der Waals surface area contributed by atoms with E-state index in [9.17, 15) is 4.79 Å². The molecule has 0 saturated carbocycles. The Kier molecular flexibility index (Phi) is 12.2. The predicted octanol–water partition coefficient (Wildman–Crippen LogP) is 4.45. The molecule has 0 aliphatic carbocycles. The van der Waals surface area contributed by atoms with Crippen LogP contribution in [0.25, 0.3) is 0 Å². The van der Waals surface area contributed by atoms with Gasteiger partial charge in [-0.2, -0.15) is 0 Å². The maximum absolute atomic E-state index is 12.6. The van der Waals surface area contributed by atoms with Crippen molar-refractivity contribution in [2.24, 2.45) is 17.8 Å². The smallest absolute Gasteiger partial charge is 0.220 e. The molecule has 2 fully saturated rings. The second-order valence-corrected chi connectivity index (χ2v) is 8.72. The zero-order chi connectivity index (χ0) is 19.1. The van der Waals surface area contributed by atoms with Crippen molar-refractivity contribution in [2.75, 3.05) is 32.7 Å². The Labute approximate surface area is 189 Å². The minimum absolute atomic E-state index is 0. The molecule has 2 heterocycles. The number of hydrogen-bond donors (Lipinski definition) is 2. The lowest BCUT2D eigenvalue weighted by molar-refractivity contribution is -0.122. The molecular weight excluding hydrogens is 405 g/mol. The van der Waals surface area contributed by atoms with Gasteiger partial charge in [0.05, 0.1) is 6.04 Å². The Bertz CT molecular complexity index is 573. The lowest BCUT2D eigenvalue weighted by Crippen LogP contribution is -2.42. The van der Waals surface area contributed by atoms with Gasteiger partial charge in [-0.05, 0) is 75.2 Å². The van der Waals surface area contributed by atoms with Gasteiger partial charge in [0.25, 0.3) is 0 Å². The van der Waals surface area contributed by atoms with Crippen molar-refractivity contribution >= 4 is 30.7 Å². The molecule has 4 nitrogen and oxygen atoms in total. The van der Waals surface area contributed by atoms with Gasteiger partial charge < -0.3 is 10.6 Å². The van der Waals surface area contributed by atoms with Crippen molar-refractivity contribution in [3.63, 3.8) is 0 Å². The van der Waals surface area contributed by atoms with Gasteiger partial charge >= 0.3 is 0 Å². The summed E-state index contributed by atoms with van der Waals surface area (Å²) in [6, 6.07) is 11.0. The van der Waals surface area contributed by atoms with E-state index in [1.165, 1.54) is 31.2 Å². The molecule has 166 valence electrons. The van der Waals surface area contributed by atoms with Gasteiger partial charge in [-0.15, -0.1) is 24.8 Å². The van der Waals surface area contributed by atoms with Crippen LogP contribution in [0.1, 0.15) is 57.6 Å². The van der Waals surface area contributed by atoms with Gasteiger partial charge in [0.15, 0.2) is 0 Å². The molecule has 1 aromatic carbocycles. The van der Waals surface area contributed by atoms with Crippen LogP contribution in [0.3, 0.4) is 0 Å². The average Bonchev–Trinajstić information content (AvgIpc) is 2.71. The number of carbonyl (C=O) groups is 1. The third kappa shape index (κ3) is 8.09. The van der Waals surface area contributed by atoms with Crippen LogP contribution in [0, 0.1) is 17.8 Å². The van der Waals surface area contributed by atoms with E-state index in [0.717, 1.165) is 38.6 Å². The Morgan fingerprint density at radius 2 is 1.72 bits per heavy atom. The zero-order valence-electron chi connectivity index (χ0n) is 17.9. The van der Waals surface area contributed by atoms with Gasteiger partial charge in [-0.25, -0.2) is 0 Å². The van der Waals surface area contributed by atoms with Gasteiger partial charge in [0.1, 0.15) is 0 Å². The zero-order valence-corrected chi connectivity index (χ0v) is 19.6. The molecule has 6 heteroatoms. The molecule has 3 rings (SSSR count). The lowest BCUT2D eigenvalue weighted by atomic mass is 9.84. The van der Waals surface area contributed by atoms with Crippen molar-refractivity contribution < 1.29 is 4.79 Å². The van der Waals surface area contributed by atoms with Gasteiger partial charge in [-0.3, -0.25) is 9.69 Å². The van der Waals surface area contributed by atoms with E-state index in [1.807, 2.05) is 0 Å². The highest BCUT2D eigenvalue weighted by atomic mass is 35.5. The van der Waals surface area contributed by atoms with Crippen molar-refractivity contribution in [1.82, 2.24) is 15.5 Å². The van der Waals surface area contributed by atoms with Crippen molar-refractivity contribution in [3.8, 4) is 0 Å². The molecule has 1 aromatic rings. The fraction of sp³-hybridized carbons (Fsp3) is 0.696. The summed E-state index contributed by atoms with van der Waals surface area (Å²) in [5, 5.41) is 6.68. The molecule has 0 spiro atoms. The second-order valence-electron chi connectivity index (χ2n) is 8.72. The highest BCUT2D eigenvalue weighted by Gasteiger charge is 2.26. The predicted molar refractivity (Wildman–Crippen MR) is 126 cm³/mol. The van der Waals surface area contributed by atoms with Crippen LogP contribution < -0.4 is 10.6 Å². The largest absolute Gasteiger partial charge is 0.354 e. The van der Waals surface area contributed by atoms with Gasteiger partial charge in [0, 0.05) is 13.0 Å². The first-order valence-electron chi connectivity index (χ1n) is 10.9. The first-order valence-corrected chi connectivity index (χ1v) is 10.9. The molecule has 2 aliphatic heterocycles. The highest BCUT2D eigenvalue weighted by molar-refractivity contribution is 5.85. The Hall–Kier alpha value is -0.810. The van der Waals surface area contributed by atoms with Crippen LogP contribution >= 0.6 is 24.8 Å². The minimum Gasteiger partial charge on any atom is -0.354 e. The van der Waals surface area contributed by atoms with E-state index in [1.54, 1.807) is 0 Å². The molecule has 2 atom stereocenters. The molecule has 1 amide bonds. The molecule has 2 aliphatic rings. The fourth-order valence-electron chi connectivity index (χ4n) is 4.63. The van der Waals surface area contributed by atoms with Crippen LogP contribution in [0.5, 0.6) is 0 Å². The van der Waals surface area contributed by atoms with Crippen LogP contribution in [0.2, 0.25) is 0 Å². The molecule has 0 radical (unpaired) electrons. The summed E-state index contributed by atoms with van der Waals surface area (Å²) < 4.78 is 0. The topological polar surface area (TPSA) is 44.4 Å². The van der Waals surface area contributed by atoms with E-state index >= 15 is 0 Å². The summed E-state index contributed by atoms with van der Waals surface area (Å²) in [6.45, 7) is 9.76. The number of likely N-dealkylation sites (tertiary alicyclic amines) is 1. The first-order chi connectivity index (χ1) is 13.1.